The van der Waals surface area contributed by atoms with Gasteiger partial charge in [-0.2, -0.15) is 5.26 Å². The van der Waals surface area contributed by atoms with Crippen molar-refractivity contribution in [3.8, 4) is 11.8 Å². The van der Waals surface area contributed by atoms with Gasteiger partial charge >= 0.3 is 0 Å². The number of nitrogens with zero attached hydrogens (tertiary/aromatic N) is 1. The number of rotatable bonds is 5. The number of aliphatic hydroxyl groups excluding tert-OH is 1. The maximum Gasteiger partial charge on any atom is 0.124 e. The molecule has 0 fully saturated rings. The first-order valence-electron chi connectivity index (χ1n) is 6.23. The molecule has 0 aliphatic rings. The number of hydrogen-bond donors (Lipinski definition) is 1. The standard InChI is InChI=1S/C16H14FNO2/c17-15-8-13(10-18)7-14(9-15)11-20-16-3-1-12(2-4-16)5-6-19/h1-4,7-9,19H,5-6,11H2. The van der Waals surface area contributed by atoms with Gasteiger partial charge in [0.1, 0.15) is 18.2 Å². The molecule has 2 rings (SSSR count). The molecule has 3 nitrogen and oxygen atoms in total. The molecular weight excluding hydrogens is 257 g/mol. The minimum atomic E-state index is -0.444. The van der Waals surface area contributed by atoms with Crippen LogP contribution in [0.4, 0.5) is 4.39 Å². The zero-order chi connectivity index (χ0) is 14.4. The second-order valence-electron chi connectivity index (χ2n) is 4.37. The molecule has 1 N–H and O–H groups in total. The van der Waals surface area contributed by atoms with E-state index in [4.69, 9.17) is 15.1 Å². The number of benzene rings is 2. The first kappa shape index (κ1) is 14.0. The summed E-state index contributed by atoms with van der Waals surface area (Å²) in [5.74, 6) is 0.218. The van der Waals surface area contributed by atoms with Gasteiger partial charge in [-0.05, 0) is 47.9 Å². The van der Waals surface area contributed by atoms with Gasteiger partial charge in [0, 0.05) is 6.61 Å². The van der Waals surface area contributed by atoms with Crippen LogP contribution < -0.4 is 4.74 Å². The van der Waals surface area contributed by atoms with Crippen LogP contribution >= 0.6 is 0 Å². The second-order valence-corrected chi connectivity index (χ2v) is 4.37. The van der Waals surface area contributed by atoms with Crippen LogP contribution in [0.1, 0.15) is 16.7 Å². The van der Waals surface area contributed by atoms with E-state index in [0.717, 1.165) is 5.56 Å². The van der Waals surface area contributed by atoms with E-state index in [1.807, 2.05) is 18.2 Å². The third-order valence-electron chi connectivity index (χ3n) is 2.82. The molecule has 0 aliphatic carbocycles. The van der Waals surface area contributed by atoms with Crippen molar-refractivity contribution in [2.24, 2.45) is 0 Å². The van der Waals surface area contributed by atoms with Crippen molar-refractivity contribution < 1.29 is 14.2 Å². The number of hydrogen-bond acceptors (Lipinski definition) is 3. The van der Waals surface area contributed by atoms with Crippen LogP contribution in [-0.2, 0) is 13.0 Å². The Balaban J connectivity index is 2.01. The lowest BCUT2D eigenvalue weighted by Crippen LogP contribution is -1.97. The number of nitriles is 1. The van der Waals surface area contributed by atoms with Crippen molar-refractivity contribution in [1.29, 1.82) is 5.26 Å². The van der Waals surface area contributed by atoms with Crippen molar-refractivity contribution in [2.75, 3.05) is 6.61 Å². The maximum atomic E-state index is 13.2. The molecule has 0 saturated heterocycles. The second kappa shape index (κ2) is 6.69. The Labute approximate surface area is 116 Å². The summed E-state index contributed by atoms with van der Waals surface area (Å²) < 4.78 is 18.8. The van der Waals surface area contributed by atoms with Crippen molar-refractivity contribution >= 4 is 0 Å². The molecule has 0 atom stereocenters. The molecule has 0 aromatic heterocycles. The van der Waals surface area contributed by atoms with Crippen molar-refractivity contribution in [1.82, 2.24) is 0 Å². The predicted octanol–water partition coefficient (Wildman–Crippen LogP) is 2.81. The zero-order valence-electron chi connectivity index (χ0n) is 10.8. The van der Waals surface area contributed by atoms with Gasteiger partial charge in [-0.15, -0.1) is 0 Å². The van der Waals surface area contributed by atoms with E-state index < -0.39 is 5.82 Å². The summed E-state index contributed by atoms with van der Waals surface area (Å²) >= 11 is 0. The molecule has 0 bridgehead atoms. The maximum absolute atomic E-state index is 13.2. The SMILES string of the molecule is N#Cc1cc(F)cc(COc2ccc(CCO)cc2)c1. The van der Waals surface area contributed by atoms with Crippen LogP contribution in [0, 0.1) is 17.1 Å². The van der Waals surface area contributed by atoms with Crippen LogP contribution in [0.15, 0.2) is 42.5 Å². The molecule has 2 aromatic rings. The lowest BCUT2D eigenvalue weighted by Gasteiger charge is -2.07. The van der Waals surface area contributed by atoms with E-state index in [0.29, 0.717) is 17.7 Å². The van der Waals surface area contributed by atoms with Gasteiger partial charge < -0.3 is 9.84 Å². The molecule has 0 spiro atoms. The zero-order valence-corrected chi connectivity index (χ0v) is 10.8. The minimum Gasteiger partial charge on any atom is -0.489 e. The fourth-order valence-electron chi connectivity index (χ4n) is 1.85. The van der Waals surface area contributed by atoms with Crippen LogP contribution in [0.3, 0.4) is 0 Å². The Kier molecular flexibility index (Phi) is 4.70. The van der Waals surface area contributed by atoms with E-state index in [9.17, 15) is 4.39 Å². The van der Waals surface area contributed by atoms with E-state index in [-0.39, 0.29) is 18.8 Å². The average Bonchev–Trinajstić information content (AvgIpc) is 2.46. The van der Waals surface area contributed by atoms with Gasteiger partial charge in [0.05, 0.1) is 11.6 Å². The van der Waals surface area contributed by atoms with Gasteiger partial charge in [-0.25, -0.2) is 4.39 Å². The Hall–Kier alpha value is -2.38. The molecule has 2 aromatic carbocycles. The van der Waals surface area contributed by atoms with Gasteiger partial charge in [0.15, 0.2) is 0 Å². The quantitative estimate of drug-likeness (QED) is 0.909. The lowest BCUT2D eigenvalue weighted by molar-refractivity contribution is 0.298. The van der Waals surface area contributed by atoms with Crippen LogP contribution in [0.5, 0.6) is 5.75 Å². The monoisotopic (exact) mass is 271 g/mol. The summed E-state index contributed by atoms with van der Waals surface area (Å²) in [6, 6.07) is 13.4. The summed E-state index contributed by atoms with van der Waals surface area (Å²) in [6.45, 7) is 0.312. The summed E-state index contributed by atoms with van der Waals surface area (Å²) in [6.07, 6.45) is 0.607. The Morgan fingerprint density at radius 3 is 2.50 bits per heavy atom. The van der Waals surface area contributed by atoms with E-state index in [1.54, 1.807) is 18.2 Å². The smallest absolute Gasteiger partial charge is 0.124 e. The molecule has 0 aliphatic heterocycles. The first-order valence-corrected chi connectivity index (χ1v) is 6.23. The highest BCUT2D eigenvalue weighted by molar-refractivity contribution is 5.34. The predicted molar refractivity (Wildman–Crippen MR) is 72.7 cm³/mol. The number of ether oxygens (including phenoxy) is 1. The van der Waals surface area contributed by atoms with Crippen molar-refractivity contribution in [2.45, 2.75) is 13.0 Å². The van der Waals surface area contributed by atoms with E-state index >= 15 is 0 Å². The molecule has 0 unspecified atom stereocenters. The van der Waals surface area contributed by atoms with Gasteiger partial charge in [-0.1, -0.05) is 12.1 Å². The van der Waals surface area contributed by atoms with Gasteiger partial charge in [-0.3, -0.25) is 0 Å². The molecule has 0 saturated carbocycles. The van der Waals surface area contributed by atoms with Crippen LogP contribution in [0.2, 0.25) is 0 Å². The van der Waals surface area contributed by atoms with E-state index in [2.05, 4.69) is 0 Å². The fraction of sp³-hybridized carbons (Fsp3) is 0.188. The van der Waals surface area contributed by atoms with Crippen molar-refractivity contribution in [3.63, 3.8) is 0 Å². The van der Waals surface area contributed by atoms with Gasteiger partial charge in [0.25, 0.3) is 0 Å². The Bertz CT molecular complexity index is 617. The molecule has 4 heteroatoms. The van der Waals surface area contributed by atoms with Gasteiger partial charge in [0.2, 0.25) is 0 Å². The summed E-state index contributed by atoms with van der Waals surface area (Å²) in [5.41, 5.74) is 1.92. The van der Waals surface area contributed by atoms with Crippen LogP contribution in [0.25, 0.3) is 0 Å². The van der Waals surface area contributed by atoms with E-state index in [1.165, 1.54) is 12.1 Å². The normalized spacial score (nSPS) is 10.1. The highest BCUT2D eigenvalue weighted by atomic mass is 19.1. The first-order chi connectivity index (χ1) is 9.71. The highest BCUT2D eigenvalue weighted by Crippen LogP contribution is 2.16. The molecule has 0 heterocycles. The third kappa shape index (κ3) is 3.81. The number of aliphatic hydroxyl groups is 1. The Morgan fingerprint density at radius 1 is 1.10 bits per heavy atom. The average molecular weight is 271 g/mol. The highest BCUT2D eigenvalue weighted by Gasteiger charge is 2.02. The fourth-order valence-corrected chi connectivity index (χ4v) is 1.85. The summed E-state index contributed by atoms with van der Waals surface area (Å²) in [7, 11) is 0. The summed E-state index contributed by atoms with van der Waals surface area (Å²) in [5, 5.41) is 17.6. The lowest BCUT2D eigenvalue weighted by atomic mass is 10.1. The topological polar surface area (TPSA) is 53.2 Å². The third-order valence-corrected chi connectivity index (χ3v) is 2.82. The van der Waals surface area contributed by atoms with Crippen LogP contribution in [-0.4, -0.2) is 11.7 Å². The van der Waals surface area contributed by atoms with Crippen molar-refractivity contribution in [3.05, 3.63) is 65.0 Å². The minimum absolute atomic E-state index is 0.112. The molecule has 20 heavy (non-hydrogen) atoms. The Morgan fingerprint density at radius 2 is 1.85 bits per heavy atom. The summed E-state index contributed by atoms with van der Waals surface area (Å²) in [4.78, 5) is 0. The molecule has 102 valence electrons. The largest absolute Gasteiger partial charge is 0.489 e. The molecular formula is C16H14FNO2. The molecule has 0 amide bonds. The number of halogens is 1. The molecule has 0 radical (unpaired) electrons.